The highest BCUT2D eigenvalue weighted by Crippen LogP contribution is 2.59. The number of hydrogen-bond acceptors (Lipinski definition) is 3. The zero-order valence-electron chi connectivity index (χ0n) is 52.6. The first-order valence-corrected chi connectivity index (χ1v) is 31.1. The first kappa shape index (κ1) is 54.5. The van der Waals surface area contributed by atoms with Gasteiger partial charge in [-0.2, -0.15) is 4.57 Å². The van der Waals surface area contributed by atoms with E-state index in [1.165, 1.54) is 150 Å². The summed E-state index contributed by atoms with van der Waals surface area (Å²) >= 11 is 1.97. The number of hydrogen-bond donors (Lipinski definition) is 0. The van der Waals surface area contributed by atoms with Crippen molar-refractivity contribution >= 4 is 80.0 Å². The highest BCUT2D eigenvalue weighted by molar-refractivity contribution is 7.99. The maximum atomic E-state index is 2.73. The Morgan fingerprint density at radius 2 is 1.02 bits per heavy atom. The second kappa shape index (κ2) is 18.1. The van der Waals surface area contributed by atoms with Gasteiger partial charge in [0.1, 0.15) is 5.69 Å². The van der Waals surface area contributed by atoms with Crippen LogP contribution in [0, 0.1) is 6.92 Å². The predicted molar refractivity (Wildman–Crippen MR) is 353 cm³/mol. The number of benzene rings is 8. The quantitative estimate of drug-likeness (QED) is 0.126. The molecule has 0 atom stereocenters. The summed E-state index contributed by atoms with van der Waals surface area (Å²) in [7, 11) is 2.26. The maximum Gasteiger partial charge on any atom is 0.295 e. The van der Waals surface area contributed by atoms with Crippen LogP contribution in [0.2, 0.25) is 0 Å². The monoisotopic (exact) mass is 1100 g/mol. The molecule has 0 radical (unpaired) electrons. The van der Waals surface area contributed by atoms with Gasteiger partial charge in [0.2, 0.25) is 0 Å². The van der Waals surface area contributed by atoms with Crippen LogP contribution in [0.25, 0.3) is 39.2 Å². The van der Waals surface area contributed by atoms with E-state index in [0.717, 1.165) is 0 Å². The van der Waals surface area contributed by atoms with E-state index >= 15 is 0 Å². The number of fused-ring (bicyclic) bond motifs is 9. The van der Waals surface area contributed by atoms with Crippen LogP contribution in [-0.4, -0.2) is 11.3 Å². The van der Waals surface area contributed by atoms with E-state index in [1.54, 1.807) is 0 Å². The van der Waals surface area contributed by atoms with Gasteiger partial charge in [-0.25, -0.2) is 4.57 Å². The summed E-state index contributed by atoms with van der Waals surface area (Å²) in [5.74, 6) is 1.89. The lowest BCUT2D eigenvalue weighted by molar-refractivity contribution is -0.633. The van der Waals surface area contributed by atoms with Crippen LogP contribution >= 0.6 is 11.8 Å². The smallest absolute Gasteiger partial charge is 0.295 e. The number of imidazole rings is 1. The molecule has 0 spiro atoms. The highest BCUT2D eigenvalue weighted by Gasteiger charge is 2.51. The van der Waals surface area contributed by atoms with Crippen LogP contribution in [0.4, 0.5) is 34.1 Å². The molecular weight excluding hydrogens is 1010 g/mol. The van der Waals surface area contributed by atoms with Crippen molar-refractivity contribution in [1.29, 1.82) is 0 Å². The molecule has 0 saturated heterocycles. The fourth-order valence-electron chi connectivity index (χ4n) is 14.2. The fourth-order valence-corrected chi connectivity index (χ4v) is 15.4. The summed E-state index contributed by atoms with van der Waals surface area (Å²) < 4.78 is 5.02. The summed E-state index contributed by atoms with van der Waals surface area (Å²) in [5, 5.41) is 0. The van der Waals surface area contributed by atoms with Crippen LogP contribution in [0.3, 0.4) is 0 Å². The van der Waals surface area contributed by atoms with E-state index in [4.69, 9.17) is 0 Å². The van der Waals surface area contributed by atoms with Gasteiger partial charge in [0.15, 0.2) is 11.0 Å². The number of anilines is 6. The molecule has 0 bridgehead atoms. The number of aryl methyl sites for hydroxylation is 2. The Bertz CT molecular complexity index is 4170. The Hall–Kier alpha value is -6.76. The molecule has 4 aliphatic rings. The SMILES string of the molecule is Cc1cc(-c2cc3c4c(c2)N2c5ccc(C(C)(C)C)cc5C(C)(C)c5cc(C(C)(C)C)cc(c52)B4c2cc(C(C)(C)C)cc4c2N3c2ccc(C(C)(C)C)cc2S4)ccc1-c1n(-c2c(C(C)C)cccc2C(C)C)c2ccccc2[n+]1C. The average Bonchev–Trinajstić information content (AvgIpc) is 0.975. The summed E-state index contributed by atoms with van der Waals surface area (Å²) in [6.45, 7) is 45.2. The third kappa shape index (κ3) is 8.10. The van der Waals surface area contributed by atoms with Crippen LogP contribution in [0.1, 0.15) is 187 Å². The van der Waals surface area contributed by atoms with Gasteiger partial charge in [-0.05, 0) is 161 Å². The lowest BCUT2D eigenvalue weighted by Gasteiger charge is -2.51. The first-order chi connectivity index (χ1) is 38.4. The molecule has 0 aliphatic carbocycles. The standard InChI is InChI=1S/C76H84BN4S/c1-43(2)52-24-23-25-53(44(3)4)68(52)81-61-27-22-21-26-60(61)78(20)71(81)54-31-28-46(34-45(54)5)47-35-63-67-64(36-47)80-62-33-30-49(73(9,10)11)41-65(62)82-66-42-51(75(15,16)17)40-58(70(66)80)77(67)57-39-50(74(12,13)14)38-56-69(57)79(63)59-32-29-48(72(6,7)8)37-55(59)76(56,18)19/h21-44H,1-20H3/q+1. The second-order valence-corrected chi connectivity index (χ2v) is 31.0. The topological polar surface area (TPSA) is 15.3 Å². The molecule has 6 heteroatoms. The zero-order chi connectivity index (χ0) is 58.4. The van der Waals surface area contributed by atoms with Gasteiger partial charge in [-0.3, -0.25) is 0 Å². The van der Waals surface area contributed by atoms with Gasteiger partial charge >= 0.3 is 0 Å². The summed E-state index contributed by atoms with van der Waals surface area (Å²) in [5.41, 5.74) is 31.2. The van der Waals surface area contributed by atoms with E-state index < -0.39 is 0 Å². The summed E-state index contributed by atoms with van der Waals surface area (Å²) in [6.07, 6.45) is 0. The Morgan fingerprint density at radius 3 is 1.62 bits per heavy atom. The molecule has 0 fully saturated rings. The van der Waals surface area contributed by atoms with E-state index in [1.807, 2.05) is 11.8 Å². The van der Waals surface area contributed by atoms with Crippen LogP contribution in [0.5, 0.6) is 0 Å². The van der Waals surface area contributed by atoms with Gasteiger partial charge in [-0.1, -0.05) is 215 Å². The number of para-hydroxylation sites is 3. The molecule has 1 aromatic heterocycles. The molecule has 0 N–H and O–H groups in total. The van der Waals surface area contributed by atoms with Crippen molar-refractivity contribution in [2.45, 2.75) is 180 Å². The third-order valence-corrected chi connectivity index (χ3v) is 20.1. The average molecular weight is 1100 g/mol. The van der Waals surface area contributed by atoms with E-state index in [-0.39, 0.29) is 33.8 Å². The van der Waals surface area contributed by atoms with Gasteiger partial charge < -0.3 is 9.80 Å². The molecule has 4 aliphatic heterocycles. The molecule has 13 rings (SSSR count). The minimum absolute atomic E-state index is 0.00121. The highest BCUT2D eigenvalue weighted by atomic mass is 32.2. The molecular formula is C76H84BN4S+. The second-order valence-electron chi connectivity index (χ2n) is 29.9. The summed E-state index contributed by atoms with van der Waals surface area (Å²) in [6, 6.07) is 53.5. The minimum Gasteiger partial charge on any atom is -0.311 e. The largest absolute Gasteiger partial charge is 0.311 e. The van der Waals surface area contributed by atoms with Crippen molar-refractivity contribution in [2.24, 2.45) is 7.05 Å². The number of nitrogens with zero attached hydrogens (tertiary/aromatic N) is 4. The van der Waals surface area contributed by atoms with E-state index in [0.29, 0.717) is 11.8 Å². The normalized spacial score (nSPS) is 15.0. The molecule has 9 aromatic rings. The van der Waals surface area contributed by atoms with Crippen molar-refractivity contribution in [3.8, 4) is 28.2 Å². The lowest BCUT2D eigenvalue weighted by atomic mass is 9.32. The van der Waals surface area contributed by atoms with Crippen LogP contribution < -0.4 is 30.8 Å². The van der Waals surface area contributed by atoms with Crippen LogP contribution in [-0.2, 0) is 34.1 Å². The lowest BCUT2D eigenvalue weighted by Crippen LogP contribution is -2.63. The van der Waals surface area contributed by atoms with E-state index in [9.17, 15) is 0 Å². The molecule has 5 heterocycles. The van der Waals surface area contributed by atoms with Crippen molar-refractivity contribution < 1.29 is 4.57 Å². The van der Waals surface area contributed by atoms with Gasteiger partial charge in [-0.15, -0.1) is 0 Å². The van der Waals surface area contributed by atoms with Gasteiger partial charge in [0, 0.05) is 43.4 Å². The molecule has 8 aromatic carbocycles. The molecule has 4 nitrogen and oxygen atoms in total. The predicted octanol–water partition coefficient (Wildman–Crippen LogP) is 18.7. The molecule has 82 heavy (non-hydrogen) atoms. The van der Waals surface area contributed by atoms with Crippen molar-refractivity contribution in [3.63, 3.8) is 0 Å². The third-order valence-electron chi connectivity index (χ3n) is 19.1. The molecule has 0 amide bonds. The minimum atomic E-state index is -0.277. The number of aromatic nitrogens is 2. The van der Waals surface area contributed by atoms with Crippen molar-refractivity contribution in [3.05, 3.63) is 184 Å². The van der Waals surface area contributed by atoms with Crippen molar-refractivity contribution in [1.82, 2.24) is 4.57 Å². The first-order valence-electron chi connectivity index (χ1n) is 30.3. The molecule has 0 unspecified atom stereocenters. The Labute approximate surface area is 495 Å². The van der Waals surface area contributed by atoms with Crippen molar-refractivity contribution in [2.75, 3.05) is 9.80 Å². The molecule has 416 valence electrons. The zero-order valence-corrected chi connectivity index (χ0v) is 53.4. The summed E-state index contributed by atoms with van der Waals surface area (Å²) in [4.78, 5) is 8.07. The fraction of sp³-hybridized carbons (Fsp3) is 0.355. The Kier molecular flexibility index (Phi) is 12.0. The number of rotatable bonds is 5. The van der Waals surface area contributed by atoms with Gasteiger partial charge in [0.25, 0.3) is 12.5 Å². The molecule has 0 saturated carbocycles. The van der Waals surface area contributed by atoms with E-state index in [2.05, 4.69) is 291 Å². The van der Waals surface area contributed by atoms with Gasteiger partial charge in [0.05, 0.1) is 29.7 Å². The maximum absolute atomic E-state index is 2.73. The Morgan fingerprint density at radius 1 is 0.488 bits per heavy atom. The van der Waals surface area contributed by atoms with Crippen LogP contribution in [0.15, 0.2) is 143 Å². The Balaban J connectivity index is 1.13.